The van der Waals surface area contributed by atoms with Crippen molar-refractivity contribution in [2.45, 2.75) is 0 Å². The molecule has 0 bridgehead atoms. The van der Waals surface area contributed by atoms with E-state index in [1.807, 2.05) is 0 Å². The predicted molar refractivity (Wildman–Crippen MR) is 47.3 cm³/mol. The van der Waals surface area contributed by atoms with Gasteiger partial charge in [-0.2, -0.15) is 0 Å². The molecule has 0 aliphatic carbocycles. The quantitative estimate of drug-likeness (QED) is 0.643. The Morgan fingerprint density at radius 2 is 2.18 bits per heavy atom. The minimum atomic E-state index is 0.0769. The fourth-order valence-electron chi connectivity index (χ4n) is 0.701. The van der Waals surface area contributed by atoms with Gasteiger partial charge >= 0.3 is 0 Å². The van der Waals surface area contributed by atoms with Crippen LogP contribution in [0, 0.1) is 0 Å². The molecule has 0 saturated heterocycles. The van der Waals surface area contributed by atoms with E-state index < -0.39 is 0 Å². The van der Waals surface area contributed by atoms with Gasteiger partial charge in [-0.3, -0.25) is 0 Å². The van der Waals surface area contributed by atoms with Crippen LogP contribution >= 0.6 is 0 Å². The van der Waals surface area contributed by atoms with Crippen molar-refractivity contribution in [2.24, 2.45) is 0 Å². The Morgan fingerprint density at radius 1 is 1.45 bits per heavy atom. The second-order valence-electron chi connectivity index (χ2n) is 2.33. The van der Waals surface area contributed by atoms with E-state index >= 15 is 0 Å². The Kier molecular flexibility index (Phi) is 1.39. The summed E-state index contributed by atoms with van der Waals surface area (Å²) in [4.78, 5) is 1.67. The molecule has 0 saturated carbocycles. The lowest BCUT2D eigenvalue weighted by atomic mass is 10.3. The second-order valence-corrected chi connectivity index (χ2v) is 2.33. The number of hydrogen-bond donors (Lipinski definition) is 0. The molecule has 11 heavy (non-hydrogen) atoms. The van der Waals surface area contributed by atoms with Crippen LogP contribution in [0.1, 0.15) is 4.11 Å². The van der Waals surface area contributed by atoms with Crippen molar-refractivity contribution in [1.82, 2.24) is 0 Å². The molecule has 0 aliphatic heterocycles. The van der Waals surface area contributed by atoms with E-state index in [9.17, 15) is 0 Å². The molecular formula is C9H13NO. The van der Waals surface area contributed by atoms with Crippen LogP contribution in [0.25, 0.3) is 0 Å². The van der Waals surface area contributed by atoms with E-state index in [-0.39, 0.29) is 23.9 Å². The van der Waals surface area contributed by atoms with Gasteiger partial charge in [-0.05, 0) is 12.1 Å². The monoisotopic (exact) mass is 154 g/mol. The molecule has 1 aromatic carbocycles. The first kappa shape index (κ1) is 4.65. The third kappa shape index (κ3) is 1.87. The number of anilines is 1. The third-order valence-electron chi connectivity index (χ3n) is 1.30. The summed E-state index contributed by atoms with van der Waals surface area (Å²) in [6.07, 6.45) is 0. The fourth-order valence-corrected chi connectivity index (χ4v) is 0.701. The van der Waals surface area contributed by atoms with Crippen molar-refractivity contribution >= 4 is 5.69 Å². The number of nitrogens with zero attached hydrogens (tertiary/aromatic N) is 1. The summed E-state index contributed by atoms with van der Waals surface area (Å²) in [5, 5.41) is 0. The molecule has 0 atom stereocenters. The van der Waals surface area contributed by atoms with Gasteiger partial charge in [-0.1, -0.05) is 6.07 Å². The maximum absolute atomic E-state index is 7.75. The van der Waals surface area contributed by atoms with Crippen molar-refractivity contribution in [3.8, 4) is 5.75 Å². The lowest BCUT2D eigenvalue weighted by Crippen LogP contribution is -2.08. The van der Waals surface area contributed by atoms with Crippen molar-refractivity contribution in [3.63, 3.8) is 0 Å². The molecule has 0 unspecified atom stereocenters. The average molecular weight is 154 g/mol. The van der Waals surface area contributed by atoms with Crippen LogP contribution in [-0.2, 0) is 0 Å². The highest BCUT2D eigenvalue weighted by Gasteiger charge is 1.95. The highest BCUT2D eigenvalue weighted by atomic mass is 16.5. The normalized spacial score (nSPS) is 13.2. The van der Waals surface area contributed by atoms with Gasteiger partial charge in [-0.25, -0.2) is 0 Å². The van der Waals surface area contributed by atoms with Crippen LogP contribution in [-0.4, -0.2) is 21.2 Å². The minimum absolute atomic E-state index is 0.0769. The molecular weight excluding hydrogens is 138 g/mol. The molecule has 0 N–H and O–H groups in total. The Hall–Kier alpha value is -1.18. The molecule has 60 valence electrons. The van der Waals surface area contributed by atoms with Gasteiger partial charge < -0.3 is 9.64 Å². The van der Waals surface area contributed by atoms with Crippen molar-refractivity contribution in [2.75, 3.05) is 26.1 Å². The highest BCUT2D eigenvalue weighted by Crippen LogP contribution is 2.18. The van der Waals surface area contributed by atoms with E-state index in [4.69, 9.17) is 8.85 Å². The zero-order valence-corrected chi connectivity index (χ0v) is 6.93. The smallest absolute Gasteiger partial charge is 0.120 e. The van der Waals surface area contributed by atoms with Crippen LogP contribution in [0.2, 0.25) is 0 Å². The van der Waals surface area contributed by atoms with E-state index in [0.29, 0.717) is 5.69 Å². The fraction of sp³-hybridized carbons (Fsp3) is 0.333. The van der Waals surface area contributed by atoms with Crippen LogP contribution in [0.5, 0.6) is 5.75 Å². The summed E-state index contributed by atoms with van der Waals surface area (Å²) < 4.78 is 27.8. The summed E-state index contributed by atoms with van der Waals surface area (Å²) in [5.41, 5.74) is 0.470. The Labute approximate surface area is 71.6 Å². The zero-order chi connectivity index (χ0) is 10.9. The van der Waals surface area contributed by atoms with Gasteiger partial charge in [0.25, 0.3) is 0 Å². The van der Waals surface area contributed by atoms with E-state index in [2.05, 4.69) is 0 Å². The number of ether oxygens (including phenoxy) is 1. The van der Waals surface area contributed by atoms with Crippen molar-refractivity contribution in [3.05, 3.63) is 24.2 Å². The number of methoxy groups -OCH3 is 1. The van der Waals surface area contributed by atoms with E-state index in [0.717, 1.165) is 0 Å². The molecule has 2 heteroatoms. The van der Waals surface area contributed by atoms with Gasteiger partial charge in [0.1, 0.15) is 5.75 Å². The molecule has 0 amide bonds. The summed E-state index contributed by atoms with van der Waals surface area (Å²) in [5.74, 6) is 0.213. The van der Waals surface area contributed by atoms with Gasteiger partial charge in [0.05, 0.1) is 11.2 Å². The first-order valence-corrected chi connectivity index (χ1v) is 3.31. The maximum atomic E-state index is 7.75. The zero-order valence-electron chi connectivity index (χ0n) is 9.93. The van der Waals surface area contributed by atoms with E-state index in [1.54, 1.807) is 19.0 Å². The first-order valence-electron chi connectivity index (χ1n) is 4.81. The average Bonchev–Trinajstić information content (AvgIpc) is 2.02. The highest BCUT2D eigenvalue weighted by molar-refractivity contribution is 5.49. The van der Waals surface area contributed by atoms with Crippen LogP contribution in [0.3, 0.4) is 0 Å². The number of rotatable bonds is 2. The molecule has 1 aromatic rings. The van der Waals surface area contributed by atoms with Crippen molar-refractivity contribution < 1.29 is 8.85 Å². The summed E-state index contributed by atoms with van der Waals surface area (Å²) in [6.45, 7) is 0. The van der Waals surface area contributed by atoms with Gasteiger partial charge in [0, 0.05) is 25.8 Å². The lowest BCUT2D eigenvalue weighted by Gasteiger charge is -2.12. The van der Waals surface area contributed by atoms with Crippen LogP contribution in [0.15, 0.2) is 24.2 Å². The van der Waals surface area contributed by atoms with Gasteiger partial charge in [-0.15, -0.1) is 0 Å². The van der Waals surface area contributed by atoms with Crippen molar-refractivity contribution in [1.29, 1.82) is 0 Å². The van der Waals surface area contributed by atoms with E-state index in [1.165, 1.54) is 13.2 Å². The lowest BCUT2D eigenvalue weighted by molar-refractivity contribution is 0.415. The molecule has 0 heterocycles. The Morgan fingerprint density at radius 3 is 2.73 bits per heavy atom. The summed E-state index contributed by atoms with van der Waals surface area (Å²) in [6, 6.07) is 1.72. The molecule has 1 rings (SSSR count). The number of hydrogen-bond acceptors (Lipinski definition) is 2. The van der Waals surface area contributed by atoms with Gasteiger partial charge in [0.2, 0.25) is 0 Å². The Balaban J connectivity index is 3.44. The molecule has 0 spiro atoms. The topological polar surface area (TPSA) is 12.5 Å². The maximum Gasteiger partial charge on any atom is 0.120 e. The number of benzene rings is 1. The predicted octanol–water partition coefficient (Wildman–Crippen LogP) is 1.76. The molecule has 0 aliphatic rings. The first-order chi connectivity index (χ1) is 6.49. The molecule has 0 radical (unpaired) electrons. The Bertz CT molecular complexity index is 352. The molecule has 0 fully saturated rings. The van der Waals surface area contributed by atoms with Crippen LogP contribution < -0.4 is 9.64 Å². The minimum Gasteiger partial charge on any atom is -0.497 e. The third-order valence-corrected chi connectivity index (χ3v) is 1.30. The second kappa shape index (κ2) is 3.28. The molecule has 0 aromatic heterocycles. The SMILES string of the molecule is [2H]c1cc([2H])c(N(C)C)c([2H])c1OC. The summed E-state index contributed by atoms with van der Waals surface area (Å²) >= 11 is 0. The largest absolute Gasteiger partial charge is 0.497 e. The van der Waals surface area contributed by atoms with Gasteiger partial charge in [0.15, 0.2) is 0 Å². The standard InChI is InChI=1S/C9H13NO/c1-10(2)8-5-4-6-9(7-8)11-3/h4-7H,1-3H3/i5D,6D,7D. The summed E-state index contributed by atoms with van der Waals surface area (Å²) in [7, 11) is 4.94. The van der Waals surface area contributed by atoms with Crippen LogP contribution in [0.4, 0.5) is 5.69 Å². The molecule has 2 nitrogen and oxygen atoms in total.